The smallest absolute Gasteiger partial charge is 0.254 e. The molecule has 114 valence electrons. The first-order chi connectivity index (χ1) is 10.1. The number of pyridine rings is 1. The number of nitrogens with two attached hydrogens (primary N) is 1. The van der Waals surface area contributed by atoms with Gasteiger partial charge in [0.1, 0.15) is 11.0 Å². The maximum absolute atomic E-state index is 12.5. The van der Waals surface area contributed by atoms with E-state index in [0.29, 0.717) is 5.56 Å². The van der Waals surface area contributed by atoms with Gasteiger partial charge in [-0.05, 0) is 25.0 Å². The summed E-state index contributed by atoms with van der Waals surface area (Å²) in [6, 6.07) is 3.91. The minimum atomic E-state index is -0.00271. The van der Waals surface area contributed by atoms with E-state index in [0.717, 1.165) is 32.2 Å². The van der Waals surface area contributed by atoms with Crippen LogP contribution in [0.3, 0.4) is 0 Å². The first kappa shape index (κ1) is 14.6. The van der Waals surface area contributed by atoms with Crippen LogP contribution < -0.4 is 5.73 Å². The quantitative estimate of drug-likeness (QED) is 0.849. The number of nitrogen functional groups attached to an aromatic ring is 1. The Hall–Kier alpha value is -1.33. The minimum Gasteiger partial charge on any atom is -0.384 e. The molecule has 2 aliphatic rings. The maximum atomic E-state index is 12.5. The summed E-state index contributed by atoms with van der Waals surface area (Å²) < 4.78 is 0. The summed E-state index contributed by atoms with van der Waals surface area (Å²) in [6.07, 6.45) is 5.31. The van der Waals surface area contributed by atoms with Gasteiger partial charge in [0.15, 0.2) is 0 Å². The molecule has 1 saturated heterocycles. The van der Waals surface area contributed by atoms with E-state index >= 15 is 0 Å². The summed E-state index contributed by atoms with van der Waals surface area (Å²) in [5.41, 5.74) is 6.19. The van der Waals surface area contributed by atoms with Crippen LogP contribution in [0.5, 0.6) is 0 Å². The molecule has 0 spiro atoms. The third kappa shape index (κ3) is 3.30. The molecule has 3 rings (SSSR count). The number of aromatic nitrogens is 1. The van der Waals surface area contributed by atoms with Gasteiger partial charge in [-0.2, -0.15) is 0 Å². The van der Waals surface area contributed by atoms with E-state index in [1.54, 1.807) is 12.1 Å². The number of hydrogen-bond acceptors (Lipinski definition) is 4. The first-order valence-corrected chi connectivity index (χ1v) is 7.97. The Morgan fingerprint density at radius 3 is 2.48 bits per heavy atom. The Kier molecular flexibility index (Phi) is 4.31. The summed E-state index contributed by atoms with van der Waals surface area (Å²) in [4.78, 5) is 20.8. The monoisotopic (exact) mass is 308 g/mol. The van der Waals surface area contributed by atoms with Crippen molar-refractivity contribution >= 4 is 23.3 Å². The predicted molar refractivity (Wildman–Crippen MR) is 83.4 cm³/mol. The van der Waals surface area contributed by atoms with Gasteiger partial charge in [0, 0.05) is 37.8 Å². The van der Waals surface area contributed by atoms with Crippen LogP contribution in [-0.2, 0) is 0 Å². The van der Waals surface area contributed by atoms with Gasteiger partial charge in [-0.25, -0.2) is 4.98 Å². The lowest BCUT2D eigenvalue weighted by molar-refractivity contribution is 0.0573. The van der Waals surface area contributed by atoms with Crippen LogP contribution in [0.15, 0.2) is 12.1 Å². The van der Waals surface area contributed by atoms with Crippen LogP contribution in [0, 0.1) is 0 Å². The molecule has 21 heavy (non-hydrogen) atoms. The molecule has 1 aromatic heterocycles. The molecule has 1 aliphatic heterocycles. The third-order valence-corrected chi connectivity index (χ3v) is 4.70. The number of carbonyl (C=O) groups is 1. The standard InChI is InChI=1S/C15H21ClN4O/c16-13-9-11(10-14(17)18-13)15(21)20-7-5-19(6-8-20)12-3-1-2-4-12/h9-10,12H,1-8H2,(H2,17,18). The summed E-state index contributed by atoms with van der Waals surface area (Å²) in [6.45, 7) is 3.47. The highest BCUT2D eigenvalue weighted by atomic mass is 35.5. The molecule has 6 heteroatoms. The highest BCUT2D eigenvalue weighted by Gasteiger charge is 2.28. The van der Waals surface area contributed by atoms with Crippen LogP contribution in [0.1, 0.15) is 36.0 Å². The van der Waals surface area contributed by atoms with Crippen LogP contribution in [0.4, 0.5) is 5.82 Å². The van der Waals surface area contributed by atoms with E-state index in [1.807, 2.05) is 4.90 Å². The van der Waals surface area contributed by atoms with E-state index in [-0.39, 0.29) is 16.9 Å². The van der Waals surface area contributed by atoms with Gasteiger partial charge in [-0.15, -0.1) is 0 Å². The van der Waals surface area contributed by atoms with Crippen molar-refractivity contribution in [3.8, 4) is 0 Å². The van der Waals surface area contributed by atoms with Crippen molar-refractivity contribution in [3.05, 3.63) is 22.8 Å². The number of anilines is 1. The Bertz CT molecular complexity index is 502. The number of nitrogens with zero attached hydrogens (tertiary/aromatic N) is 3. The van der Waals surface area contributed by atoms with Crippen LogP contribution in [-0.4, -0.2) is 52.9 Å². The highest BCUT2D eigenvalue weighted by molar-refractivity contribution is 6.29. The van der Waals surface area contributed by atoms with Gasteiger partial charge in [0.25, 0.3) is 5.91 Å². The Labute approximate surface area is 130 Å². The number of amides is 1. The minimum absolute atomic E-state index is 0.00271. The molecule has 0 radical (unpaired) electrons. The van der Waals surface area contributed by atoms with E-state index in [9.17, 15) is 4.79 Å². The largest absolute Gasteiger partial charge is 0.384 e. The summed E-state index contributed by atoms with van der Waals surface area (Å²) in [7, 11) is 0. The van der Waals surface area contributed by atoms with Crippen molar-refractivity contribution in [3.63, 3.8) is 0 Å². The zero-order valence-corrected chi connectivity index (χ0v) is 12.9. The first-order valence-electron chi connectivity index (χ1n) is 7.60. The van der Waals surface area contributed by atoms with E-state index in [4.69, 9.17) is 17.3 Å². The Morgan fingerprint density at radius 2 is 1.86 bits per heavy atom. The molecule has 2 N–H and O–H groups in total. The zero-order chi connectivity index (χ0) is 14.8. The second-order valence-corrected chi connectivity index (χ2v) is 6.26. The molecule has 5 nitrogen and oxygen atoms in total. The van der Waals surface area contributed by atoms with Crippen molar-refractivity contribution in [2.45, 2.75) is 31.7 Å². The molecular formula is C15H21ClN4O. The zero-order valence-electron chi connectivity index (χ0n) is 12.1. The van der Waals surface area contributed by atoms with Crippen molar-refractivity contribution in [1.29, 1.82) is 0 Å². The van der Waals surface area contributed by atoms with Gasteiger partial charge < -0.3 is 10.6 Å². The molecule has 1 aromatic rings. The molecule has 1 saturated carbocycles. The summed E-state index contributed by atoms with van der Waals surface area (Å²) in [5.74, 6) is 0.285. The van der Waals surface area contributed by atoms with Gasteiger partial charge >= 0.3 is 0 Å². The fraction of sp³-hybridized carbons (Fsp3) is 0.600. The SMILES string of the molecule is Nc1cc(C(=O)N2CCN(C3CCCC3)CC2)cc(Cl)n1. The van der Waals surface area contributed by atoms with Crippen LogP contribution in [0.2, 0.25) is 5.15 Å². The van der Waals surface area contributed by atoms with E-state index < -0.39 is 0 Å². The number of rotatable bonds is 2. The maximum Gasteiger partial charge on any atom is 0.254 e. The second-order valence-electron chi connectivity index (χ2n) is 5.87. The fourth-order valence-electron chi connectivity index (χ4n) is 3.38. The lowest BCUT2D eigenvalue weighted by atomic mass is 10.1. The molecule has 2 fully saturated rings. The average Bonchev–Trinajstić information content (AvgIpc) is 3.00. The lowest BCUT2D eigenvalue weighted by Gasteiger charge is -2.38. The van der Waals surface area contributed by atoms with E-state index in [2.05, 4.69) is 9.88 Å². The van der Waals surface area contributed by atoms with Crippen molar-refractivity contribution in [2.24, 2.45) is 0 Å². The van der Waals surface area contributed by atoms with Crippen LogP contribution in [0.25, 0.3) is 0 Å². The number of piperazine rings is 1. The second kappa shape index (κ2) is 6.20. The molecule has 0 aromatic carbocycles. The molecule has 0 atom stereocenters. The van der Waals surface area contributed by atoms with Crippen LogP contribution >= 0.6 is 11.6 Å². The Balaban J connectivity index is 1.62. The van der Waals surface area contributed by atoms with Gasteiger partial charge in [-0.1, -0.05) is 24.4 Å². The van der Waals surface area contributed by atoms with Crippen molar-refractivity contribution in [1.82, 2.24) is 14.8 Å². The summed E-state index contributed by atoms with van der Waals surface area (Å²) in [5, 5.41) is 0.267. The average molecular weight is 309 g/mol. The van der Waals surface area contributed by atoms with Crippen molar-refractivity contribution < 1.29 is 4.79 Å². The Morgan fingerprint density at radius 1 is 1.19 bits per heavy atom. The summed E-state index contributed by atoms with van der Waals surface area (Å²) >= 11 is 5.87. The van der Waals surface area contributed by atoms with Gasteiger partial charge in [-0.3, -0.25) is 9.69 Å². The van der Waals surface area contributed by atoms with Crippen molar-refractivity contribution in [2.75, 3.05) is 31.9 Å². The normalized spacial score (nSPS) is 20.9. The van der Waals surface area contributed by atoms with E-state index in [1.165, 1.54) is 25.7 Å². The fourth-order valence-corrected chi connectivity index (χ4v) is 3.60. The molecule has 1 amide bonds. The molecule has 1 aliphatic carbocycles. The number of carbonyl (C=O) groups excluding carboxylic acids is 1. The van der Waals surface area contributed by atoms with Gasteiger partial charge in [0.2, 0.25) is 0 Å². The molecular weight excluding hydrogens is 288 g/mol. The molecule has 2 heterocycles. The predicted octanol–water partition coefficient (Wildman–Crippen LogP) is 2.02. The topological polar surface area (TPSA) is 62.5 Å². The lowest BCUT2D eigenvalue weighted by Crippen LogP contribution is -2.51. The highest BCUT2D eigenvalue weighted by Crippen LogP contribution is 2.24. The molecule has 0 bridgehead atoms. The van der Waals surface area contributed by atoms with Gasteiger partial charge in [0.05, 0.1) is 0 Å². The number of halogens is 1. The molecule has 0 unspecified atom stereocenters. The third-order valence-electron chi connectivity index (χ3n) is 4.50. The number of hydrogen-bond donors (Lipinski definition) is 1.